The molecule has 0 unspecified atom stereocenters. The molecule has 3 aromatic heterocycles. The number of allylic oxidation sites excluding steroid dienone is 1. The number of carbonyl (C=O) groups is 1. The Balaban J connectivity index is 1.77. The highest BCUT2D eigenvalue weighted by molar-refractivity contribution is 7.99. The van der Waals surface area contributed by atoms with Crippen molar-refractivity contribution >= 4 is 39.2 Å². The highest BCUT2D eigenvalue weighted by atomic mass is 32.2. The zero-order valence-electron chi connectivity index (χ0n) is 14.4. The normalized spacial score (nSPS) is 11.0. The molecule has 0 fully saturated rings. The fourth-order valence-electron chi connectivity index (χ4n) is 2.40. The lowest BCUT2D eigenvalue weighted by Gasteiger charge is -2.09. The first-order chi connectivity index (χ1) is 12.6. The molecule has 1 N–H and O–H groups in total. The minimum Gasteiger partial charge on any atom is -0.467 e. The Hall–Kier alpha value is -2.32. The number of aryl methyl sites for hydroxylation is 1. The van der Waals surface area contributed by atoms with Crippen molar-refractivity contribution in [2.24, 2.45) is 0 Å². The van der Waals surface area contributed by atoms with E-state index >= 15 is 0 Å². The number of fused-ring (bicyclic) bond motifs is 1. The van der Waals surface area contributed by atoms with E-state index in [1.165, 1.54) is 23.1 Å². The minimum absolute atomic E-state index is 0.0932. The van der Waals surface area contributed by atoms with Gasteiger partial charge in [-0.25, -0.2) is 4.98 Å². The molecule has 6 nitrogen and oxygen atoms in total. The van der Waals surface area contributed by atoms with Gasteiger partial charge >= 0.3 is 0 Å². The molecule has 8 heteroatoms. The minimum atomic E-state index is -0.147. The first kappa shape index (κ1) is 18.5. The third kappa shape index (κ3) is 4.08. The number of hydrogen-bond acceptors (Lipinski definition) is 6. The SMILES string of the molecule is C=CCn1c(SCC(=O)NCc2ccco2)nc2sc(CC)cc2c1=O. The number of thioether (sulfide) groups is 1. The van der Waals surface area contributed by atoms with Crippen LogP contribution in [0.5, 0.6) is 0 Å². The number of thiophene rings is 1. The zero-order valence-corrected chi connectivity index (χ0v) is 16.0. The lowest BCUT2D eigenvalue weighted by atomic mass is 10.3. The molecule has 0 aliphatic heterocycles. The van der Waals surface area contributed by atoms with Crippen LogP contribution in [0.15, 0.2) is 51.5 Å². The highest BCUT2D eigenvalue weighted by Gasteiger charge is 2.15. The molecule has 0 aromatic carbocycles. The van der Waals surface area contributed by atoms with E-state index in [0.29, 0.717) is 34.2 Å². The van der Waals surface area contributed by atoms with Gasteiger partial charge in [0.05, 0.1) is 23.9 Å². The van der Waals surface area contributed by atoms with E-state index in [9.17, 15) is 9.59 Å². The van der Waals surface area contributed by atoms with Crippen molar-refractivity contribution in [2.45, 2.75) is 31.6 Å². The summed E-state index contributed by atoms with van der Waals surface area (Å²) < 4.78 is 6.75. The van der Waals surface area contributed by atoms with Crippen LogP contribution in [-0.4, -0.2) is 21.2 Å². The largest absolute Gasteiger partial charge is 0.467 e. The maximum atomic E-state index is 12.7. The van der Waals surface area contributed by atoms with Gasteiger partial charge in [0.25, 0.3) is 5.56 Å². The third-order valence-electron chi connectivity index (χ3n) is 3.70. The van der Waals surface area contributed by atoms with Gasteiger partial charge in [0.15, 0.2) is 5.16 Å². The second kappa shape index (κ2) is 8.37. The molecule has 0 aliphatic rings. The number of aromatic nitrogens is 2. The molecule has 136 valence electrons. The molecule has 3 rings (SSSR count). The number of furan rings is 1. The van der Waals surface area contributed by atoms with Gasteiger partial charge in [0.2, 0.25) is 5.91 Å². The molecule has 3 aromatic rings. The molecule has 1 amide bonds. The van der Waals surface area contributed by atoms with Gasteiger partial charge in [-0.2, -0.15) is 0 Å². The van der Waals surface area contributed by atoms with E-state index < -0.39 is 0 Å². The van der Waals surface area contributed by atoms with E-state index in [1.54, 1.807) is 29.0 Å². The van der Waals surface area contributed by atoms with Crippen molar-refractivity contribution in [1.82, 2.24) is 14.9 Å². The van der Waals surface area contributed by atoms with Crippen molar-refractivity contribution in [1.29, 1.82) is 0 Å². The average Bonchev–Trinajstić information content (AvgIpc) is 3.30. The number of nitrogens with one attached hydrogen (secondary N) is 1. The van der Waals surface area contributed by atoms with Gasteiger partial charge < -0.3 is 9.73 Å². The van der Waals surface area contributed by atoms with E-state index in [0.717, 1.165) is 11.3 Å². The monoisotopic (exact) mass is 389 g/mol. The van der Waals surface area contributed by atoms with Gasteiger partial charge in [-0.15, -0.1) is 17.9 Å². The Morgan fingerprint density at radius 2 is 2.38 bits per heavy atom. The second-order valence-electron chi connectivity index (χ2n) is 5.53. The standard InChI is InChI=1S/C18H19N3O3S2/c1-3-7-21-17(23)14-9-13(4-2)26-16(14)20-18(21)25-11-15(22)19-10-12-6-5-8-24-12/h3,5-6,8-9H,1,4,7,10-11H2,2H3,(H,19,22). The summed E-state index contributed by atoms with van der Waals surface area (Å²) in [6.07, 6.45) is 4.08. The molecule has 0 bridgehead atoms. The smallest absolute Gasteiger partial charge is 0.263 e. The summed E-state index contributed by atoms with van der Waals surface area (Å²) in [6, 6.07) is 5.47. The van der Waals surface area contributed by atoms with Crippen LogP contribution in [0.25, 0.3) is 10.2 Å². The summed E-state index contributed by atoms with van der Waals surface area (Å²) in [5.41, 5.74) is -0.0932. The van der Waals surface area contributed by atoms with E-state index in [4.69, 9.17) is 4.42 Å². The second-order valence-corrected chi connectivity index (χ2v) is 7.59. The van der Waals surface area contributed by atoms with Crippen molar-refractivity contribution in [3.8, 4) is 0 Å². The summed E-state index contributed by atoms with van der Waals surface area (Å²) in [5, 5.41) is 3.94. The van der Waals surface area contributed by atoms with Gasteiger partial charge in [-0.05, 0) is 24.6 Å². The summed E-state index contributed by atoms with van der Waals surface area (Å²) in [7, 11) is 0. The Kier molecular flexibility index (Phi) is 5.95. The molecular formula is C18H19N3O3S2. The Morgan fingerprint density at radius 1 is 1.54 bits per heavy atom. The van der Waals surface area contributed by atoms with Crippen molar-refractivity contribution in [3.05, 3.63) is 58.1 Å². The molecular weight excluding hydrogens is 370 g/mol. The summed E-state index contributed by atoms with van der Waals surface area (Å²) in [4.78, 5) is 31.3. The number of amides is 1. The van der Waals surface area contributed by atoms with Crippen LogP contribution < -0.4 is 10.9 Å². The Morgan fingerprint density at radius 3 is 3.08 bits per heavy atom. The molecule has 0 saturated heterocycles. The topological polar surface area (TPSA) is 77.1 Å². The van der Waals surface area contributed by atoms with Gasteiger partial charge in [0.1, 0.15) is 10.6 Å². The first-order valence-corrected chi connectivity index (χ1v) is 9.98. The quantitative estimate of drug-likeness (QED) is 0.364. The maximum absolute atomic E-state index is 12.7. The van der Waals surface area contributed by atoms with Crippen molar-refractivity contribution < 1.29 is 9.21 Å². The lowest BCUT2D eigenvalue weighted by molar-refractivity contribution is -0.118. The number of hydrogen-bond donors (Lipinski definition) is 1. The first-order valence-electron chi connectivity index (χ1n) is 8.18. The van der Waals surface area contributed by atoms with Crippen LogP contribution in [0.4, 0.5) is 0 Å². The Labute approximate surface area is 158 Å². The fourth-order valence-corrected chi connectivity index (χ4v) is 4.25. The predicted molar refractivity (Wildman–Crippen MR) is 105 cm³/mol. The number of rotatable bonds is 8. The van der Waals surface area contributed by atoms with E-state index in [1.807, 2.05) is 13.0 Å². The molecule has 0 spiro atoms. The molecule has 0 aliphatic carbocycles. The summed E-state index contributed by atoms with van der Waals surface area (Å²) in [6.45, 7) is 6.45. The molecule has 0 saturated carbocycles. The van der Waals surface area contributed by atoms with Gasteiger partial charge in [-0.1, -0.05) is 24.8 Å². The molecule has 0 atom stereocenters. The summed E-state index contributed by atoms with van der Waals surface area (Å²) >= 11 is 2.76. The van der Waals surface area contributed by atoms with Crippen molar-refractivity contribution in [3.63, 3.8) is 0 Å². The van der Waals surface area contributed by atoms with Crippen LogP contribution in [0.3, 0.4) is 0 Å². The molecule has 26 heavy (non-hydrogen) atoms. The Bertz CT molecular complexity index is 974. The fraction of sp³-hybridized carbons (Fsp3) is 0.278. The highest BCUT2D eigenvalue weighted by Crippen LogP contribution is 2.25. The van der Waals surface area contributed by atoms with Crippen LogP contribution in [-0.2, 0) is 24.3 Å². The van der Waals surface area contributed by atoms with Crippen molar-refractivity contribution in [2.75, 3.05) is 5.75 Å². The molecule has 3 heterocycles. The van der Waals surface area contributed by atoms with Gasteiger partial charge in [0, 0.05) is 11.4 Å². The summed E-state index contributed by atoms with van der Waals surface area (Å²) in [5.74, 6) is 0.713. The molecule has 0 radical (unpaired) electrons. The van der Waals surface area contributed by atoms with Crippen LogP contribution in [0, 0.1) is 0 Å². The van der Waals surface area contributed by atoms with Crippen LogP contribution >= 0.6 is 23.1 Å². The predicted octanol–water partition coefficient (Wildman–Crippen LogP) is 3.21. The third-order valence-corrected chi connectivity index (χ3v) is 5.85. The number of carbonyl (C=O) groups excluding carboxylic acids is 1. The maximum Gasteiger partial charge on any atom is 0.263 e. The van der Waals surface area contributed by atoms with E-state index in [2.05, 4.69) is 16.9 Å². The van der Waals surface area contributed by atoms with Crippen LogP contribution in [0.2, 0.25) is 0 Å². The number of nitrogens with zero attached hydrogens (tertiary/aromatic N) is 2. The van der Waals surface area contributed by atoms with Crippen LogP contribution in [0.1, 0.15) is 17.6 Å². The lowest BCUT2D eigenvalue weighted by Crippen LogP contribution is -2.26. The zero-order chi connectivity index (χ0) is 18.5. The average molecular weight is 390 g/mol. The van der Waals surface area contributed by atoms with Gasteiger partial charge in [-0.3, -0.25) is 14.2 Å². The van der Waals surface area contributed by atoms with E-state index in [-0.39, 0.29) is 17.2 Å².